The van der Waals surface area contributed by atoms with Crippen LogP contribution in [0, 0.1) is 5.21 Å². The molecule has 0 saturated heterocycles. The fourth-order valence-corrected chi connectivity index (χ4v) is 1.58. The topological polar surface area (TPSA) is 167 Å². The van der Waals surface area contributed by atoms with Crippen LogP contribution in [0.15, 0.2) is 29.3 Å². The van der Waals surface area contributed by atoms with Crippen molar-refractivity contribution in [2.45, 2.75) is 18.9 Å². The van der Waals surface area contributed by atoms with Gasteiger partial charge in [-0.1, -0.05) is 0 Å². The Hall–Kier alpha value is -2.20. The van der Waals surface area contributed by atoms with Crippen LogP contribution in [0.25, 0.3) is 0 Å². The summed E-state index contributed by atoms with van der Waals surface area (Å²) in [6, 6.07) is 5.14. The van der Waals surface area contributed by atoms with Crippen molar-refractivity contribution in [3.05, 3.63) is 29.5 Å². The summed E-state index contributed by atoms with van der Waals surface area (Å²) in [5.74, 6) is -0.339. The molecule has 0 aliphatic carbocycles. The average molecular weight is 296 g/mol. The first kappa shape index (κ1) is 16.9. The predicted octanol–water partition coefficient (Wildman–Crippen LogP) is -1.59. The van der Waals surface area contributed by atoms with Crippen LogP contribution in [0.5, 0.6) is 0 Å². The first-order valence-corrected chi connectivity index (χ1v) is 6.35. The minimum absolute atomic E-state index is 0.00606. The molecule has 0 aliphatic heterocycles. The molecule has 2 unspecified atom stereocenters. The molecular formula is C12H20N6O3. The molecule has 0 bridgehead atoms. The van der Waals surface area contributed by atoms with Gasteiger partial charge in [0.05, 0.1) is 6.04 Å². The van der Waals surface area contributed by atoms with Crippen molar-refractivity contribution in [3.63, 3.8) is 0 Å². The van der Waals surface area contributed by atoms with Crippen molar-refractivity contribution in [2.75, 3.05) is 11.9 Å². The van der Waals surface area contributed by atoms with Gasteiger partial charge in [0.1, 0.15) is 0 Å². The normalized spacial score (nSPS) is 13.3. The fraction of sp³-hybridized carbons (Fsp3) is 0.333. The van der Waals surface area contributed by atoms with Crippen LogP contribution in [0.2, 0.25) is 0 Å². The van der Waals surface area contributed by atoms with Crippen LogP contribution in [0.4, 0.5) is 11.4 Å². The lowest BCUT2D eigenvalue weighted by molar-refractivity contribution is -0.991. The number of aliphatic imine (C=N–C) groups is 1. The van der Waals surface area contributed by atoms with E-state index in [1.165, 1.54) is 24.3 Å². The molecule has 21 heavy (non-hydrogen) atoms. The van der Waals surface area contributed by atoms with E-state index in [1.807, 2.05) is 0 Å². The number of nitrogens with two attached hydrogens (primary N) is 3. The van der Waals surface area contributed by atoms with Crippen LogP contribution in [-0.4, -0.2) is 29.7 Å². The highest BCUT2D eigenvalue weighted by Gasteiger charge is 2.13. The van der Waals surface area contributed by atoms with Gasteiger partial charge in [-0.2, -0.15) is 5.23 Å². The van der Waals surface area contributed by atoms with E-state index in [0.29, 0.717) is 25.1 Å². The van der Waals surface area contributed by atoms with Crippen molar-refractivity contribution < 1.29 is 15.2 Å². The minimum Gasteiger partial charge on any atom is -0.595 e. The number of carbonyl (C=O) groups excluding carboxylic acids is 1. The number of nitrogens with one attached hydrogen (secondary N) is 2. The molecule has 0 fully saturated rings. The van der Waals surface area contributed by atoms with Crippen molar-refractivity contribution in [1.82, 2.24) is 0 Å². The highest BCUT2D eigenvalue weighted by Crippen LogP contribution is 2.11. The molecule has 1 amide bonds. The van der Waals surface area contributed by atoms with Gasteiger partial charge in [0, 0.05) is 24.4 Å². The first-order valence-electron chi connectivity index (χ1n) is 6.35. The highest BCUT2D eigenvalue weighted by atomic mass is 16.8. The molecule has 1 rings (SSSR count). The minimum atomic E-state index is -1.02. The number of rotatable bonds is 7. The summed E-state index contributed by atoms with van der Waals surface area (Å²) in [6.45, 7) is 0.413. The maximum Gasteiger partial charge on any atom is 0.241 e. The number of hydrogen-bond donors (Lipinski definition) is 6. The van der Waals surface area contributed by atoms with Crippen LogP contribution in [-0.2, 0) is 4.79 Å². The van der Waals surface area contributed by atoms with Gasteiger partial charge < -0.3 is 27.7 Å². The van der Waals surface area contributed by atoms with Gasteiger partial charge in [-0.05, 0) is 25.0 Å². The largest absolute Gasteiger partial charge is 0.595 e. The van der Waals surface area contributed by atoms with Crippen LogP contribution >= 0.6 is 0 Å². The zero-order chi connectivity index (χ0) is 15.8. The molecule has 116 valence electrons. The fourth-order valence-electron chi connectivity index (χ4n) is 1.58. The number of benzene rings is 1. The second-order valence-electron chi connectivity index (χ2n) is 4.43. The summed E-state index contributed by atoms with van der Waals surface area (Å²) in [5.41, 5.74) is 16.7. The number of hydrogen-bond acceptors (Lipinski definition) is 5. The van der Waals surface area contributed by atoms with E-state index in [9.17, 15) is 10.0 Å². The predicted molar refractivity (Wildman–Crippen MR) is 78.7 cm³/mol. The molecular weight excluding hydrogens is 276 g/mol. The van der Waals surface area contributed by atoms with Gasteiger partial charge in [0.2, 0.25) is 5.91 Å². The van der Waals surface area contributed by atoms with Gasteiger partial charge in [-0.15, -0.1) is 0 Å². The standard InChI is InChI=1S/C12H20N6O3/c13-10(2-1-7-16-12(14)15)11(19)17-8-3-5-9(6-4-8)18(20)21/h3-6,10,18,20H,1-2,7,13H2,(H,17,19)(H4,14,15,16). The molecule has 0 heterocycles. The van der Waals surface area contributed by atoms with Gasteiger partial charge in [-0.25, -0.2) is 5.21 Å². The summed E-state index contributed by atoms with van der Waals surface area (Å²) in [4.78, 5) is 15.6. The molecule has 0 saturated carbocycles. The van der Waals surface area contributed by atoms with E-state index in [4.69, 9.17) is 22.4 Å². The number of amides is 1. The lowest BCUT2D eigenvalue weighted by Crippen LogP contribution is -2.99. The van der Waals surface area contributed by atoms with Crippen LogP contribution < -0.4 is 27.7 Å². The molecule has 1 aromatic carbocycles. The second-order valence-corrected chi connectivity index (χ2v) is 4.43. The summed E-state index contributed by atoms with van der Waals surface area (Å²) < 4.78 is 0. The summed E-state index contributed by atoms with van der Waals surface area (Å²) >= 11 is 0. The highest BCUT2D eigenvalue weighted by molar-refractivity contribution is 5.94. The molecule has 9 N–H and O–H groups in total. The quantitative estimate of drug-likeness (QED) is 0.153. The van der Waals surface area contributed by atoms with E-state index >= 15 is 0 Å². The van der Waals surface area contributed by atoms with Crippen molar-refractivity contribution in [3.8, 4) is 0 Å². The zero-order valence-corrected chi connectivity index (χ0v) is 11.5. The molecule has 0 radical (unpaired) electrons. The third-order valence-electron chi connectivity index (χ3n) is 2.70. The van der Waals surface area contributed by atoms with Crippen molar-refractivity contribution in [1.29, 1.82) is 0 Å². The van der Waals surface area contributed by atoms with E-state index in [0.717, 1.165) is 0 Å². The van der Waals surface area contributed by atoms with Gasteiger partial charge >= 0.3 is 0 Å². The van der Waals surface area contributed by atoms with Crippen molar-refractivity contribution >= 4 is 23.2 Å². The maximum atomic E-state index is 11.8. The lowest BCUT2D eigenvalue weighted by Gasteiger charge is -2.14. The van der Waals surface area contributed by atoms with Gasteiger partial charge in [0.15, 0.2) is 11.6 Å². The number of guanidine groups is 1. The lowest BCUT2D eigenvalue weighted by atomic mass is 10.1. The molecule has 1 aromatic rings. The third kappa shape index (κ3) is 6.19. The second kappa shape index (κ2) is 8.17. The first-order chi connectivity index (χ1) is 9.90. The number of anilines is 1. The zero-order valence-electron chi connectivity index (χ0n) is 11.5. The van der Waals surface area contributed by atoms with E-state index in [2.05, 4.69) is 10.3 Å². The van der Waals surface area contributed by atoms with E-state index in [1.54, 1.807) is 0 Å². The Morgan fingerprint density at radius 1 is 1.38 bits per heavy atom. The Kier molecular flexibility index (Phi) is 6.56. The Morgan fingerprint density at radius 3 is 2.52 bits per heavy atom. The Labute approximate surface area is 122 Å². The maximum absolute atomic E-state index is 11.8. The molecule has 0 aliphatic rings. The Bertz CT molecular complexity index is 484. The summed E-state index contributed by atoms with van der Waals surface area (Å²) in [6.07, 6.45) is 1.03. The Balaban J connectivity index is 2.43. The SMILES string of the molecule is NC(N)=NCCCC(N)C(=O)Nc1ccc([NH+]([O-])O)cc1. The van der Waals surface area contributed by atoms with Crippen LogP contribution in [0.1, 0.15) is 12.8 Å². The monoisotopic (exact) mass is 296 g/mol. The number of quaternary nitrogens is 1. The summed E-state index contributed by atoms with van der Waals surface area (Å²) in [5, 5.41) is 21.1. The number of nitrogens with zero attached hydrogens (tertiary/aromatic N) is 1. The Morgan fingerprint density at radius 2 is 2.00 bits per heavy atom. The molecule has 0 spiro atoms. The summed E-state index contributed by atoms with van der Waals surface area (Å²) in [7, 11) is 0. The van der Waals surface area contributed by atoms with Gasteiger partial charge in [-0.3, -0.25) is 9.79 Å². The van der Waals surface area contributed by atoms with Gasteiger partial charge in [0.25, 0.3) is 0 Å². The molecule has 9 nitrogen and oxygen atoms in total. The average Bonchev–Trinajstić information content (AvgIpc) is 2.43. The third-order valence-corrected chi connectivity index (χ3v) is 2.70. The molecule has 9 heteroatoms. The number of carbonyl (C=O) groups is 1. The van der Waals surface area contributed by atoms with E-state index < -0.39 is 11.3 Å². The van der Waals surface area contributed by atoms with Crippen molar-refractivity contribution in [2.24, 2.45) is 22.2 Å². The van der Waals surface area contributed by atoms with Crippen LogP contribution in [0.3, 0.4) is 0 Å². The molecule has 2 atom stereocenters. The van der Waals surface area contributed by atoms with E-state index in [-0.39, 0.29) is 17.6 Å². The smallest absolute Gasteiger partial charge is 0.241 e. The molecule has 0 aromatic heterocycles.